The second-order valence-electron chi connectivity index (χ2n) is 7.40. The van der Waals surface area contributed by atoms with Crippen LogP contribution in [0.1, 0.15) is 40.0 Å². The van der Waals surface area contributed by atoms with Gasteiger partial charge in [-0.25, -0.2) is 0 Å². The zero-order chi connectivity index (χ0) is 14.1. The van der Waals surface area contributed by atoms with Gasteiger partial charge in [0, 0.05) is 26.2 Å². The molecule has 19 heavy (non-hydrogen) atoms. The first-order valence-corrected chi connectivity index (χ1v) is 7.34. The molecular weight excluding hydrogens is 240 g/mol. The molecule has 0 radical (unpaired) electrons. The molecule has 2 unspecified atom stereocenters. The Bertz CT molecular complexity index is 343. The number of fused-ring (bicyclic) bond motifs is 2. The van der Waals surface area contributed by atoms with Crippen molar-refractivity contribution in [2.24, 2.45) is 10.8 Å². The van der Waals surface area contributed by atoms with Crippen molar-refractivity contribution in [1.82, 2.24) is 10.2 Å². The van der Waals surface area contributed by atoms with Gasteiger partial charge in [-0.05, 0) is 30.1 Å². The van der Waals surface area contributed by atoms with Crippen molar-refractivity contribution < 1.29 is 9.53 Å². The van der Waals surface area contributed by atoms with Gasteiger partial charge in [0.15, 0.2) is 0 Å². The molecule has 0 spiro atoms. The molecular formula is C15H28N2O2. The SMILES string of the molecule is COCCNCC(=O)N1CC2(C)CC1CC(C)(C)C2. The number of carbonyl (C=O) groups excluding carboxylic acids is 1. The molecule has 0 aromatic heterocycles. The third-order valence-electron chi connectivity index (χ3n) is 4.49. The molecule has 2 fully saturated rings. The minimum absolute atomic E-state index is 0.252. The van der Waals surface area contributed by atoms with E-state index in [1.54, 1.807) is 7.11 Å². The molecule has 1 heterocycles. The summed E-state index contributed by atoms with van der Waals surface area (Å²) in [4.78, 5) is 14.4. The number of methoxy groups -OCH3 is 1. The molecule has 0 aromatic carbocycles. The van der Waals surface area contributed by atoms with Gasteiger partial charge in [0.25, 0.3) is 0 Å². The molecule has 1 aliphatic heterocycles. The molecule has 1 N–H and O–H groups in total. The predicted molar refractivity (Wildman–Crippen MR) is 76.0 cm³/mol. The number of amides is 1. The maximum Gasteiger partial charge on any atom is 0.236 e. The van der Waals surface area contributed by atoms with Crippen molar-refractivity contribution in [1.29, 1.82) is 0 Å². The molecule has 1 amide bonds. The van der Waals surface area contributed by atoms with Crippen LogP contribution in [0.4, 0.5) is 0 Å². The van der Waals surface area contributed by atoms with Crippen molar-refractivity contribution in [3.8, 4) is 0 Å². The van der Waals surface area contributed by atoms with E-state index in [0.717, 1.165) is 19.5 Å². The van der Waals surface area contributed by atoms with E-state index in [0.29, 0.717) is 30.0 Å². The molecule has 1 saturated heterocycles. The fourth-order valence-electron chi connectivity index (χ4n) is 4.22. The minimum atomic E-state index is 0.252. The number of hydrogen-bond acceptors (Lipinski definition) is 3. The monoisotopic (exact) mass is 268 g/mol. The van der Waals surface area contributed by atoms with Crippen LogP contribution in [0.2, 0.25) is 0 Å². The average Bonchev–Trinajstić information content (AvgIpc) is 2.54. The van der Waals surface area contributed by atoms with Crippen LogP contribution in [0.25, 0.3) is 0 Å². The molecule has 2 rings (SSSR count). The number of hydrogen-bond donors (Lipinski definition) is 1. The van der Waals surface area contributed by atoms with E-state index in [4.69, 9.17) is 4.74 Å². The normalized spacial score (nSPS) is 32.6. The highest BCUT2D eigenvalue weighted by Gasteiger charge is 2.50. The van der Waals surface area contributed by atoms with E-state index in [-0.39, 0.29) is 5.91 Å². The van der Waals surface area contributed by atoms with Crippen LogP contribution >= 0.6 is 0 Å². The topological polar surface area (TPSA) is 41.6 Å². The summed E-state index contributed by atoms with van der Waals surface area (Å²) in [6.45, 7) is 9.78. The van der Waals surface area contributed by atoms with Crippen LogP contribution < -0.4 is 5.32 Å². The Morgan fingerprint density at radius 1 is 1.37 bits per heavy atom. The van der Waals surface area contributed by atoms with Crippen LogP contribution in [0.5, 0.6) is 0 Å². The van der Waals surface area contributed by atoms with E-state index in [9.17, 15) is 4.79 Å². The summed E-state index contributed by atoms with van der Waals surface area (Å²) < 4.78 is 4.97. The van der Waals surface area contributed by atoms with Crippen LogP contribution in [0.3, 0.4) is 0 Å². The number of carbonyl (C=O) groups is 1. The summed E-state index contributed by atoms with van der Waals surface area (Å²) >= 11 is 0. The largest absolute Gasteiger partial charge is 0.383 e. The number of rotatable bonds is 5. The second-order valence-corrected chi connectivity index (χ2v) is 7.40. The van der Waals surface area contributed by atoms with Gasteiger partial charge >= 0.3 is 0 Å². The zero-order valence-corrected chi connectivity index (χ0v) is 12.8. The number of nitrogens with zero attached hydrogens (tertiary/aromatic N) is 1. The Morgan fingerprint density at radius 2 is 2.11 bits per heavy atom. The van der Waals surface area contributed by atoms with Gasteiger partial charge in [-0.15, -0.1) is 0 Å². The van der Waals surface area contributed by atoms with Gasteiger partial charge in [0.2, 0.25) is 5.91 Å². The fraction of sp³-hybridized carbons (Fsp3) is 0.933. The zero-order valence-electron chi connectivity index (χ0n) is 12.8. The first-order valence-electron chi connectivity index (χ1n) is 7.34. The van der Waals surface area contributed by atoms with Crippen molar-refractivity contribution in [3.05, 3.63) is 0 Å². The van der Waals surface area contributed by atoms with Crippen molar-refractivity contribution in [2.75, 3.05) is 33.4 Å². The summed E-state index contributed by atoms with van der Waals surface area (Å²) in [5.41, 5.74) is 0.699. The van der Waals surface area contributed by atoms with Gasteiger partial charge in [0.1, 0.15) is 0 Å². The first kappa shape index (κ1) is 14.8. The lowest BCUT2D eigenvalue weighted by Crippen LogP contribution is -2.42. The Balaban J connectivity index is 1.90. The van der Waals surface area contributed by atoms with Gasteiger partial charge in [-0.3, -0.25) is 4.79 Å². The summed E-state index contributed by atoms with van der Waals surface area (Å²) in [5, 5.41) is 3.16. The second kappa shape index (κ2) is 5.41. The Labute approximate surface area is 116 Å². The smallest absolute Gasteiger partial charge is 0.236 e. The molecule has 1 saturated carbocycles. The summed E-state index contributed by atoms with van der Waals surface area (Å²) in [6.07, 6.45) is 3.56. The maximum absolute atomic E-state index is 12.3. The van der Waals surface area contributed by atoms with Crippen LogP contribution in [-0.2, 0) is 9.53 Å². The lowest BCUT2D eigenvalue weighted by Gasteiger charge is -2.39. The molecule has 2 atom stereocenters. The van der Waals surface area contributed by atoms with Crippen molar-refractivity contribution in [3.63, 3.8) is 0 Å². The Hall–Kier alpha value is -0.610. The Morgan fingerprint density at radius 3 is 2.79 bits per heavy atom. The summed E-state index contributed by atoms with van der Waals surface area (Å²) in [7, 11) is 1.68. The average molecular weight is 268 g/mol. The molecule has 4 heteroatoms. The lowest BCUT2D eigenvalue weighted by molar-refractivity contribution is -0.131. The molecule has 2 aliphatic rings. The lowest BCUT2D eigenvalue weighted by atomic mass is 9.65. The number of ether oxygens (including phenoxy) is 1. The maximum atomic E-state index is 12.3. The molecule has 0 aromatic rings. The highest BCUT2D eigenvalue weighted by Crippen LogP contribution is 2.52. The first-order chi connectivity index (χ1) is 8.85. The summed E-state index contributed by atoms with van der Waals surface area (Å²) in [5.74, 6) is 0.252. The van der Waals surface area contributed by atoms with Gasteiger partial charge in [-0.1, -0.05) is 20.8 Å². The van der Waals surface area contributed by atoms with Gasteiger partial charge in [0.05, 0.1) is 13.2 Å². The van der Waals surface area contributed by atoms with Gasteiger partial charge < -0.3 is 15.0 Å². The van der Waals surface area contributed by atoms with Crippen molar-refractivity contribution in [2.45, 2.75) is 46.1 Å². The van der Waals surface area contributed by atoms with Crippen molar-refractivity contribution >= 4 is 5.91 Å². The molecule has 2 bridgehead atoms. The quantitative estimate of drug-likeness (QED) is 0.771. The van der Waals surface area contributed by atoms with E-state index in [2.05, 4.69) is 31.0 Å². The predicted octanol–water partition coefficient (Wildman–Crippen LogP) is 1.65. The standard InChI is InChI=1S/C15H28N2O2/c1-14(2)7-12-8-15(3,10-14)11-17(12)13(18)9-16-5-6-19-4/h12,16H,5-11H2,1-4H3. The summed E-state index contributed by atoms with van der Waals surface area (Å²) in [6, 6.07) is 0.450. The number of likely N-dealkylation sites (tertiary alicyclic amines) is 1. The highest BCUT2D eigenvalue weighted by molar-refractivity contribution is 5.79. The fourth-order valence-corrected chi connectivity index (χ4v) is 4.22. The Kier molecular flexibility index (Phi) is 4.21. The van der Waals surface area contributed by atoms with Gasteiger partial charge in [-0.2, -0.15) is 0 Å². The van der Waals surface area contributed by atoms with Crippen LogP contribution in [0.15, 0.2) is 0 Å². The third kappa shape index (κ3) is 3.48. The minimum Gasteiger partial charge on any atom is -0.383 e. The number of nitrogens with one attached hydrogen (secondary N) is 1. The molecule has 1 aliphatic carbocycles. The molecule has 4 nitrogen and oxygen atoms in total. The van der Waals surface area contributed by atoms with E-state index in [1.807, 2.05) is 0 Å². The van der Waals surface area contributed by atoms with E-state index >= 15 is 0 Å². The van der Waals surface area contributed by atoms with E-state index in [1.165, 1.54) is 12.8 Å². The molecule has 110 valence electrons. The van der Waals surface area contributed by atoms with Crippen LogP contribution in [0, 0.1) is 10.8 Å². The third-order valence-corrected chi connectivity index (χ3v) is 4.49. The van der Waals surface area contributed by atoms with Crippen LogP contribution in [-0.4, -0.2) is 50.2 Å². The van der Waals surface area contributed by atoms with E-state index < -0.39 is 0 Å². The highest BCUT2D eigenvalue weighted by atomic mass is 16.5.